The van der Waals surface area contributed by atoms with Crippen molar-refractivity contribution in [2.45, 2.75) is 50.9 Å². The predicted octanol–water partition coefficient (Wildman–Crippen LogP) is 2.88. The molecule has 7 heteroatoms. The number of nitrogens with one attached hydrogen (secondary N) is 1. The summed E-state index contributed by atoms with van der Waals surface area (Å²) in [6.07, 6.45) is 3.65. The first-order valence-corrected chi connectivity index (χ1v) is 10.9. The number of hydrogen-bond acceptors (Lipinski definition) is 4. The largest absolute Gasteiger partial charge is 0.486 e. The highest BCUT2D eigenvalue weighted by molar-refractivity contribution is 5.89. The third kappa shape index (κ3) is 4.26. The molecule has 160 valence electrons. The van der Waals surface area contributed by atoms with Crippen molar-refractivity contribution in [2.24, 2.45) is 0 Å². The number of rotatable bonds is 7. The van der Waals surface area contributed by atoms with Gasteiger partial charge in [-0.3, -0.25) is 9.59 Å². The summed E-state index contributed by atoms with van der Waals surface area (Å²) in [6, 6.07) is 17.3. The zero-order valence-corrected chi connectivity index (χ0v) is 17.4. The summed E-state index contributed by atoms with van der Waals surface area (Å²) in [5.74, 6) is 1.37. The molecular formula is C24H26N4O3. The van der Waals surface area contributed by atoms with Gasteiger partial charge in [-0.1, -0.05) is 30.3 Å². The normalized spacial score (nSPS) is 18.3. The van der Waals surface area contributed by atoms with Crippen molar-refractivity contribution in [2.75, 3.05) is 6.54 Å². The van der Waals surface area contributed by atoms with Gasteiger partial charge in [-0.15, -0.1) is 0 Å². The Kier molecular flexibility index (Phi) is 5.32. The molecule has 1 aliphatic carbocycles. The lowest BCUT2D eigenvalue weighted by Crippen LogP contribution is -2.47. The lowest BCUT2D eigenvalue weighted by atomic mass is 10.2. The number of imidazole rings is 1. The van der Waals surface area contributed by atoms with Crippen LogP contribution in [0.4, 0.5) is 0 Å². The van der Waals surface area contributed by atoms with Gasteiger partial charge in [0.25, 0.3) is 0 Å². The topological polar surface area (TPSA) is 76.5 Å². The van der Waals surface area contributed by atoms with E-state index in [1.807, 2.05) is 59.2 Å². The van der Waals surface area contributed by atoms with Crippen LogP contribution in [0.25, 0.3) is 11.0 Å². The van der Waals surface area contributed by atoms with Crippen molar-refractivity contribution in [3.05, 3.63) is 60.4 Å². The van der Waals surface area contributed by atoms with E-state index in [0.717, 1.165) is 42.5 Å². The predicted molar refractivity (Wildman–Crippen MR) is 116 cm³/mol. The number of carbonyl (C=O) groups is 2. The van der Waals surface area contributed by atoms with Crippen molar-refractivity contribution >= 4 is 22.8 Å². The van der Waals surface area contributed by atoms with E-state index in [-0.39, 0.29) is 31.0 Å². The molecule has 1 N–H and O–H groups in total. The van der Waals surface area contributed by atoms with Crippen LogP contribution in [0.1, 0.15) is 31.5 Å². The highest BCUT2D eigenvalue weighted by Gasteiger charge is 2.36. The second-order valence-electron chi connectivity index (χ2n) is 8.23. The van der Waals surface area contributed by atoms with Gasteiger partial charge in [0.15, 0.2) is 0 Å². The third-order valence-corrected chi connectivity index (χ3v) is 5.94. The minimum Gasteiger partial charge on any atom is -0.486 e. The number of fused-ring (bicyclic) bond motifs is 1. The summed E-state index contributed by atoms with van der Waals surface area (Å²) in [5.41, 5.74) is 1.71. The molecule has 2 amide bonds. The van der Waals surface area contributed by atoms with E-state index in [1.165, 1.54) is 0 Å². The Balaban J connectivity index is 1.35. The average molecular weight is 418 g/mol. The molecule has 3 aromatic rings. The van der Waals surface area contributed by atoms with Crippen molar-refractivity contribution in [3.8, 4) is 5.75 Å². The molecular weight excluding hydrogens is 392 g/mol. The van der Waals surface area contributed by atoms with E-state index >= 15 is 0 Å². The molecule has 1 saturated heterocycles. The van der Waals surface area contributed by atoms with Crippen LogP contribution in [0.15, 0.2) is 54.6 Å². The first kappa shape index (κ1) is 19.6. The van der Waals surface area contributed by atoms with Crippen molar-refractivity contribution in [1.29, 1.82) is 0 Å². The van der Waals surface area contributed by atoms with E-state index in [1.54, 1.807) is 4.90 Å². The first-order chi connectivity index (χ1) is 15.2. The number of aromatic nitrogens is 2. The summed E-state index contributed by atoms with van der Waals surface area (Å²) in [4.78, 5) is 32.3. The molecule has 1 saturated carbocycles. The van der Waals surface area contributed by atoms with E-state index in [0.29, 0.717) is 18.4 Å². The molecule has 2 fully saturated rings. The standard InChI is InChI=1S/C24H26N4O3/c29-23(27-14-6-11-21(27)24(30)25-17-12-13-17)15-28-20-10-5-4-9-19(20)26-22(28)16-31-18-7-2-1-3-8-18/h1-5,7-10,17,21H,6,11-16H2,(H,25,30). The van der Waals surface area contributed by atoms with Gasteiger partial charge in [-0.25, -0.2) is 4.98 Å². The maximum atomic E-state index is 13.3. The van der Waals surface area contributed by atoms with E-state index in [2.05, 4.69) is 5.32 Å². The number of nitrogens with zero attached hydrogens (tertiary/aromatic N) is 3. The maximum Gasteiger partial charge on any atom is 0.243 e. The Bertz CT molecular complexity index is 1090. The molecule has 0 spiro atoms. The van der Waals surface area contributed by atoms with E-state index < -0.39 is 0 Å². The van der Waals surface area contributed by atoms with Gasteiger partial charge < -0.3 is 19.5 Å². The lowest BCUT2D eigenvalue weighted by Gasteiger charge is -2.24. The van der Waals surface area contributed by atoms with Crippen LogP contribution in [0.3, 0.4) is 0 Å². The first-order valence-electron chi connectivity index (χ1n) is 10.9. The van der Waals surface area contributed by atoms with Gasteiger partial charge in [0.1, 0.15) is 30.8 Å². The fourth-order valence-electron chi connectivity index (χ4n) is 4.17. The summed E-state index contributed by atoms with van der Waals surface area (Å²) in [5, 5.41) is 3.05. The molecule has 1 unspecified atom stereocenters. The minimum absolute atomic E-state index is 0.0172. The summed E-state index contributed by atoms with van der Waals surface area (Å²) < 4.78 is 7.82. The molecule has 0 radical (unpaired) electrons. The van der Waals surface area contributed by atoms with Crippen LogP contribution < -0.4 is 10.1 Å². The fourth-order valence-corrected chi connectivity index (χ4v) is 4.17. The van der Waals surface area contributed by atoms with Crippen molar-refractivity contribution in [1.82, 2.24) is 19.8 Å². The molecule has 0 bridgehead atoms. The molecule has 31 heavy (non-hydrogen) atoms. The summed E-state index contributed by atoms with van der Waals surface area (Å²) >= 11 is 0. The summed E-state index contributed by atoms with van der Waals surface area (Å²) in [7, 11) is 0. The highest BCUT2D eigenvalue weighted by atomic mass is 16.5. The van der Waals surface area contributed by atoms with Gasteiger partial charge in [-0.05, 0) is 49.9 Å². The molecule has 7 nitrogen and oxygen atoms in total. The SMILES string of the molecule is O=C(NC1CC1)C1CCCN1C(=O)Cn1c(COc2ccccc2)nc2ccccc21. The number of amides is 2. The molecule has 2 heterocycles. The smallest absolute Gasteiger partial charge is 0.243 e. The molecule has 2 aromatic carbocycles. The zero-order valence-electron chi connectivity index (χ0n) is 17.4. The number of para-hydroxylation sites is 3. The van der Waals surface area contributed by atoms with Crippen LogP contribution in [0.5, 0.6) is 5.75 Å². The van der Waals surface area contributed by atoms with Crippen molar-refractivity contribution < 1.29 is 14.3 Å². The molecule has 2 aliphatic rings. The van der Waals surface area contributed by atoms with Crippen LogP contribution in [-0.2, 0) is 22.7 Å². The van der Waals surface area contributed by atoms with Gasteiger partial charge in [-0.2, -0.15) is 0 Å². The molecule has 1 atom stereocenters. The Hall–Kier alpha value is -3.35. The number of ether oxygens (including phenoxy) is 1. The fraction of sp³-hybridized carbons (Fsp3) is 0.375. The molecule has 1 aliphatic heterocycles. The van der Waals surface area contributed by atoms with Crippen LogP contribution in [0, 0.1) is 0 Å². The lowest BCUT2D eigenvalue weighted by molar-refractivity contribution is -0.138. The van der Waals surface area contributed by atoms with Crippen molar-refractivity contribution in [3.63, 3.8) is 0 Å². The maximum absolute atomic E-state index is 13.3. The Morgan fingerprint density at radius 1 is 1.03 bits per heavy atom. The number of benzene rings is 2. The van der Waals surface area contributed by atoms with Gasteiger partial charge in [0.05, 0.1) is 11.0 Å². The third-order valence-electron chi connectivity index (χ3n) is 5.94. The van der Waals surface area contributed by atoms with E-state index in [4.69, 9.17) is 9.72 Å². The quantitative estimate of drug-likeness (QED) is 0.640. The van der Waals surface area contributed by atoms with Gasteiger partial charge >= 0.3 is 0 Å². The Morgan fingerprint density at radius 2 is 1.81 bits per heavy atom. The monoisotopic (exact) mass is 418 g/mol. The molecule has 5 rings (SSSR count). The average Bonchev–Trinajstić information content (AvgIpc) is 3.34. The Labute approximate surface area is 181 Å². The number of hydrogen-bond donors (Lipinski definition) is 1. The van der Waals surface area contributed by atoms with Gasteiger partial charge in [0, 0.05) is 12.6 Å². The van der Waals surface area contributed by atoms with Crippen LogP contribution >= 0.6 is 0 Å². The van der Waals surface area contributed by atoms with Gasteiger partial charge in [0.2, 0.25) is 11.8 Å². The van der Waals surface area contributed by atoms with E-state index in [9.17, 15) is 9.59 Å². The second kappa shape index (κ2) is 8.41. The number of carbonyl (C=O) groups excluding carboxylic acids is 2. The second-order valence-corrected chi connectivity index (χ2v) is 8.23. The molecule has 1 aromatic heterocycles. The highest BCUT2D eigenvalue weighted by Crippen LogP contribution is 2.24. The number of likely N-dealkylation sites (tertiary alicyclic amines) is 1. The zero-order chi connectivity index (χ0) is 21.2. The van der Waals surface area contributed by atoms with Crippen LogP contribution in [-0.4, -0.2) is 44.9 Å². The minimum atomic E-state index is -0.369. The van der Waals surface area contributed by atoms with Crippen LogP contribution in [0.2, 0.25) is 0 Å². The Morgan fingerprint density at radius 3 is 2.61 bits per heavy atom. The summed E-state index contributed by atoms with van der Waals surface area (Å²) in [6.45, 7) is 1.02.